The van der Waals surface area contributed by atoms with E-state index in [4.69, 9.17) is 24.0 Å². The predicted molar refractivity (Wildman–Crippen MR) is 176 cm³/mol. The number of nitrogens with one attached hydrogen (secondary N) is 2. The number of aliphatic hydroxyl groups excluding tert-OH is 2. The number of ether oxygens (including phenoxy) is 2. The van der Waals surface area contributed by atoms with E-state index >= 15 is 8.78 Å². The Bertz CT molecular complexity index is 1700. The Kier molecular flexibility index (Phi) is 11.7. The van der Waals surface area contributed by atoms with Crippen molar-refractivity contribution < 1.29 is 46.6 Å². The molecule has 23 heteroatoms. The van der Waals surface area contributed by atoms with Crippen LogP contribution < -0.4 is 16.1 Å². The molecule has 0 bridgehead atoms. The molecular weight excluding hydrogens is 706 g/mol. The van der Waals surface area contributed by atoms with Gasteiger partial charge in [0.25, 0.3) is 8.18 Å². The summed E-state index contributed by atoms with van der Waals surface area (Å²) in [5.41, 5.74) is 6.66. The molecule has 0 spiro atoms. The summed E-state index contributed by atoms with van der Waals surface area (Å²) in [7, 11) is -5.46. The van der Waals surface area contributed by atoms with Crippen LogP contribution in [-0.2, 0) is 27.7 Å². The summed E-state index contributed by atoms with van der Waals surface area (Å²) in [6.07, 6.45) is -3.59. The van der Waals surface area contributed by atoms with Crippen molar-refractivity contribution in [3.05, 3.63) is 25.3 Å². The standard InChI is InChI=1S/C27H39F2N11O8P2/c1-13(3-5-31-22-18-24(35-9-33-22)39(11-37-18)26-16(28)20(47-49(2)43)14(7-41)45-26)4-6-32-23-19-25(36-10-34-23)40(12-38-19)27-17(29)21(48-50(30)44)15(8-42)46-27/h9-17,20-21,26-27,41-42,49-50H,3-8H2,1-2H3,(H2,30,44)(H,31,33,35)(H,32,34,36)/t13?,14-,15-,16-,17-,20-,21-,26-,27-/m1/s1. The summed E-state index contributed by atoms with van der Waals surface area (Å²) in [5, 5.41) is 25.8. The number of imidazole rings is 2. The molecule has 6 heterocycles. The van der Waals surface area contributed by atoms with E-state index in [9.17, 15) is 19.3 Å². The molecule has 0 aromatic carbocycles. The van der Waals surface area contributed by atoms with Crippen molar-refractivity contribution in [3.8, 4) is 0 Å². The number of halogens is 2. The number of nitrogens with two attached hydrogens (primary N) is 1. The molecule has 3 unspecified atom stereocenters. The van der Waals surface area contributed by atoms with E-state index in [0.717, 1.165) is 12.8 Å². The number of aliphatic hydroxyl groups is 2. The van der Waals surface area contributed by atoms with Crippen LogP contribution in [0.4, 0.5) is 20.4 Å². The van der Waals surface area contributed by atoms with E-state index in [1.54, 1.807) is 0 Å². The van der Waals surface area contributed by atoms with Gasteiger partial charge in [0.1, 0.15) is 37.1 Å². The van der Waals surface area contributed by atoms with Gasteiger partial charge in [0.15, 0.2) is 66.8 Å². The molecule has 50 heavy (non-hydrogen) atoms. The minimum atomic E-state index is -2.98. The van der Waals surface area contributed by atoms with Gasteiger partial charge in [-0.1, -0.05) is 6.92 Å². The molecule has 4 aromatic heterocycles. The number of hydrogen-bond acceptors (Lipinski definition) is 16. The Morgan fingerprint density at radius 2 is 1.30 bits per heavy atom. The second-order valence-corrected chi connectivity index (χ2v) is 14.1. The van der Waals surface area contributed by atoms with Crippen LogP contribution in [0.25, 0.3) is 22.3 Å². The third kappa shape index (κ3) is 7.51. The molecule has 0 aliphatic carbocycles. The topological polar surface area (TPSA) is 249 Å². The van der Waals surface area contributed by atoms with Crippen molar-refractivity contribution in [2.24, 2.45) is 11.4 Å². The van der Waals surface area contributed by atoms with Gasteiger partial charge in [-0.3, -0.25) is 23.8 Å². The Balaban J connectivity index is 1.03. The second-order valence-electron chi connectivity index (χ2n) is 12.0. The van der Waals surface area contributed by atoms with E-state index in [0.29, 0.717) is 47.1 Å². The molecule has 0 saturated carbocycles. The maximum Gasteiger partial charge on any atom is 0.256 e. The van der Waals surface area contributed by atoms with Crippen molar-refractivity contribution in [3.63, 3.8) is 0 Å². The van der Waals surface area contributed by atoms with Crippen molar-refractivity contribution in [1.82, 2.24) is 39.0 Å². The molecule has 11 atom stereocenters. The van der Waals surface area contributed by atoms with Crippen LogP contribution in [0, 0.1) is 5.92 Å². The zero-order valence-corrected chi connectivity index (χ0v) is 29.0. The fourth-order valence-corrected chi connectivity index (χ4v) is 7.31. The van der Waals surface area contributed by atoms with Gasteiger partial charge >= 0.3 is 0 Å². The van der Waals surface area contributed by atoms with E-state index in [1.165, 1.54) is 41.1 Å². The van der Waals surface area contributed by atoms with Crippen molar-refractivity contribution in [2.75, 3.05) is 43.6 Å². The molecule has 2 fully saturated rings. The lowest BCUT2D eigenvalue weighted by atomic mass is 10.0. The van der Waals surface area contributed by atoms with Gasteiger partial charge in [-0.15, -0.1) is 0 Å². The minimum Gasteiger partial charge on any atom is -0.394 e. The van der Waals surface area contributed by atoms with Crippen LogP contribution in [0.3, 0.4) is 0 Å². The van der Waals surface area contributed by atoms with Gasteiger partial charge < -0.3 is 39.4 Å². The molecule has 2 aliphatic heterocycles. The van der Waals surface area contributed by atoms with Gasteiger partial charge in [0.2, 0.25) is 0 Å². The number of rotatable bonds is 16. The lowest BCUT2D eigenvalue weighted by Gasteiger charge is -2.17. The summed E-state index contributed by atoms with van der Waals surface area (Å²) in [4.78, 5) is 25.8. The molecule has 6 N–H and O–H groups in total. The van der Waals surface area contributed by atoms with Crippen LogP contribution in [-0.4, -0.2) is 119 Å². The first-order chi connectivity index (χ1) is 24.1. The van der Waals surface area contributed by atoms with E-state index in [-0.39, 0.29) is 5.92 Å². The zero-order chi connectivity index (χ0) is 35.5. The second kappa shape index (κ2) is 16.0. The van der Waals surface area contributed by atoms with Gasteiger partial charge in [-0.25, -0.2) is 38.7 Å². The molecule has 2 saturated heterocycles. The first-order valence-corrected chi connectivity index (χ1v) is 19.1. The molecule has 6 rings (SSSR count). The van der Waals surface area contributed by atoms with Crippen LogP contribution in [0.1, 0.15) is 32.2 Å². The van der Waals surface area contributed by atoms with Gasteiger partial charge in [0, 0.05) is 19.8 Å². The maximum atomic E-state index is 15.3. The molecule has 19 nitrogen and oxygen atoms in total. The molecule has 2 aliphatic rings. The maximum absolute atomic E-state index is 15.3. The van der Waals surface area contributed by atoms with Gasteiger partial charge in [-0.05, 0) is 18.8 Å². The predicted octanol–water partition coefficient (Wildman–Crippen LogP) is 1.59. The highest BCUT2D eigenvalue weighted by atomic mass is 31.1. The summed E-state index contributed by atoms with van der Waals surface area (Å²) < 4.78 is 78.0. The molecule has 274 valence electrons. The molecule has 0 radical (unpaired) electrons. The largest absolute Gasteiger partial charge is 0.394 e. The van der Waals surface area contributed by atoms with E-state index < -0.39 is 78.6 Å². The lowest BCUT2D eigenvalue weighted by molar-refractivity contribution is -0.0429. The Hall–Kier alpha value is -3.26. The highest BCUT2D eigenvalue weighted by molar-refractivity contribution is 7.38. The van der Waals surface area contributed by atoms with Crippen LogP contribution in [0.5, 0.6) is 0 Å². The zero-order valence-electron chi connectivity index (χ0n) is 27.0. The van der Waals surface area contributed by atoms with E-state index in [1.807, 2.05) is 0 Å². The van der Waals surface area contributed by atoms with Crippen molar-refractivity contribution in [1.29, 1.82) is 0 Å². The third-order valence-corrected chi connectivity index (χ3v) is 9.68. The lowest BCUT2D eigenvalue weighted by Crippen LogP contribution is -2.32. The average molecular weight is 746 g/mol. The number of nitrogens with zero attached hydrogens (tertiary/aromatic N) is 8. The summed E-state index contributed by atoms with van der Waals surface area (Å²) >= 11 is 0. The number of hydrogen-bond donors (Lipinski definition) is 5. The van der Waals surface area contributed by atoms with Crippen LogP contribution in [0.15, 0.2) is 25.3 Å². The number of alkyl halides is 2. The first-order valence-electron chi connectivity index (χ1n) is 15.9. The normalized spacial score (nSPS) is 28.7. The van der Waals surface area contributed by atoms with Crippen molar-refractivity contribution >= 4 is 50.2 Å². The van der Waals surface area contributed by atoms with Gasteiger partial charge in [-0.2, -0.15) is 0 Å². The smallest absolute Gasteiger partial charge is 0.256 e. The van der Waals surface area contributed by atoms with Crippen LogP contribution >= 0.6 is 16.2 Å². The molecule has 0 amide bonds. The summed E-state index contributed by atoms with van der Waals surface area (Å²) in [6, 6.07) is 0. The summed E-state index contributed by atoms with van der Waals surface area (Å²) in [6.45, 7) is 3.45. The highest BCUT2D eigenvalue weighted by Crippen LogP contribution is 2.40. The number of fused-ring (bicyclic) bond motifs is 2. The Morgan fingerprint density at radius 1 is 0.840 bits per heavy atom. The fourth-order valence-electron chi connectivity index (χ4n) is 6.09. The third-order valence-electron chi connectivity index (χ3n) is 8.57. The van der Waals surface area contributed by atoms with E-state index in [2.05, 4.69) is 47.5 Å². The Morgan fingerprint density at radius 3 is 1.72 bits per heavy atom. The monoisotopic (exact) mass is 745 g/mol. The number of aromatic nitrogens is 8. The van der Waals surface area contributed by atoms with Gasteiger partial charge in [0.05, 0.1) is 25.9 Å². The molecule has 4 aromatic rings. The molecular formula is C27H39F2N11O8P2. The number of anilines is 2. The van der Waals surface area contributed by atoms with Crippen molar-refractivity contribution in [2.45, 2.75) is 69.0 Å². The highest BCUT2D eigenvalue weighted by Gasteiger charge is 2.49. The minimum absolute atomic E-state index is 0.249. The Labute approximate surface area is 285 Å². The fraction of sp³-hybridized carbons (Fsp3) is 0.630. The quantitative estimate of drug-likeness (QED) is 0.102. The van der Waals surface area contributed by atoms with Crippen LogP contribution in [0.2, 0.25) is 0 Å². The first kappa shape index (κ1) is 36.5. The summed E-state index contributed by atoms with van der Waals surface area (Å²) in [5.74, 6) is 1.15. The SMILES string of the molecule is CC(CCNc1ncnc2c1ncn2[C@@H]1O[C@H](CO)[C@@H](O[PH](C)=O)[C@H]1F)CCNc1ncnc2c1ncn2[C@@H]1O[C@H](CO)[C@@H](O[PH](N)=O)[C@H]1F. The average Bonchev–Trinajstić information content (AvgIpc) is 3.85.